The quantitative estimate of drug-likeness (QED) is 0.526. The Morgan fingerprint density at radius 3 is 2.30 bits per heavy atom. The number of likely N-dealkylation sites (tertiary alicyclic amines) is 1. The minimum atomic E-state index is -4.86. The zero-order chi connectivity index (χ0) is 24.8. The fourth-order valence-electron chi connectivity index (χ4n) is 4.52. The minimum Gasteiger partial charge on any atom is -0.453 e. The van der Waals surface area contributed by atoms with Crippen molar-refractivity contribution in [3.8, 4) is 0 Å². The average molecular weight is 474 g/mol. The van der Waals surface area contributed by atoms with Crippen molar-refractivity contribution in [1.29, 1.82) is 0 Å². The second kappa shape index (κ2) is 8.36. The van der Waals surface area contributed by atoms with Crippen molar-refractivity contribution < 1.29 is 36.6 Å². The average Bonchev–Trinajstić information content (AvgIpc) is 3.40. The first-order valence-electron chi connectivity index (χ1n) is 10.9. The summed E-state index contributed by atoms with van der Waals surface area (Å²) in [5.41, 5.74) is -3.77. The maximum absolute atomic E-state index is 13.9. The molecule has 6 nitrogen and oxygen atoms in total. The molecule has 1 aromatic carbocycles. The number of halogens is 4. The lowest BCUT2D eigenvalue weighted by Gasteiger charge is -2.42. The van der Waals surface area contributed by atoms with Crippen molar-refractivity contribution in [3.63, 3.8) is 0 Å². The van der Waals surface area contributed by atoms with Crippen LogP contribution in [0.2, 0.25) is 0 Å². The molecule has 1 aromatic rings. The van der Waals surface area contributed by atoms with Crippen LogP contribution in [-0.4, -0.2) is 53.3 Å². The van der Waals surface area contributed by atoms with Crippen molar-refractivity contribution >= 4 is 12.2 Å². The van der Waals surface area contributed by atoms with Crippen LogP contribution >= 0.6 is 0 Å². The van der Waals surface area contributed by atoms with Gasteiger partial charge in [0.05, 0.1) is 23.8 Å². The number of alkyl halides is 3. The lowest BCUT2D eigenvalue weighted by Crippen LogP contribution is -2.56. The van der Waals surface area contributed by atoms with Gasteiger partial charge >= 0.3 is 18.4 Å². The molecule has 2 amide bonds. The molecule has 10 heteroatoms. The molecule has 0 N–H and O–H groups in total. The highest BCUT2D eigenvalue weighted by atomic mass is 19.4. The van der Waals surface area contributed by atoms with Crippen LogP contribution < -0.4 is 0 Å². The van der Waals surface area contributed by atoms with Gasteiger partial charge in [0.1, 0.15) is 11.4 Å². The zero-order valence-electron chi connectivity index (χ0n) is 19.5. The Hall–Kier alpha value is -2.52. The van der Waals surface area contributed by atoms with E-state index in [0.29, 0.717) is 32.2 Å². The molecular weight excluding hydrogens is 444 g/mol. The third kappa shape index (κ3) is 5.04. The molecule has 1 heterocycles. The number of carbonyl (C=O) groups is 2. The summed E-state index contributed by atoms with van der Waals surface area (Å²) in [6, 6.07) is 2.81. The first kappa shape index (κ1) is 25.1. The van der Waals surface area contributed by atoms with E-state index in [-0.39, 0.29) is 12.1 Å². The van der Waals surface area contributed by atoms with Crippen LogP contribution in [0.25, 0.3) is 0 Å². The molecule has 2 fully saturated rings. The summed E-state index contributed by atoms with van der Waals surface area (Å²) in [6.07, 6.45) is -4.04. The predicted molar refractivity (Wildman–Crippen MR) is 112 cm³/mol. The Labute approximate surface area is 190 Å². The van der Waals surface area contributed by atoms with E-state index in [9.17, 15) is 27.2 Å². The second-order valence-corrected chi connectivity index (χ2v) is 10.0. The Morgan fingerprint density at radius 2 is 1.79 bits per heavy atom. The monoisotopic (exact) mass is 474 g/mol. The molecular formula is C23H30F4N2O4. The van der Waals surface area contributed by atoms with Crippen LogP contribution in [0.15, 0.2) is 18.2 Å². The van der Waals surface area contributed by atoms with Gasteiger partial charge in [0, 0.05) is 13.1 Å². The molecule has 0 unspecified atom stereocenters. The van der Waals surface area contributed by atoms with Gasteiger partial charge in [-0.15, -0.1) is 0 Å². The van der Waals surface area contributed by atoms with Crippen LogP contribution in [0.3, 0.4) is 0 Å². The van der Waals surface area contributed by atoms with E-state index in [0.717, 1.165) is 12.1 Å². The summed E-state index contributed by atoms with van der Waals surface area (Å²) < 4.78 is 64.3. The highest BCUT2D eigenvalue weighted by Gasteiger charge is 2.56. The molecule has 2 aliphatic rings. The molecule has 0 radical (unpaired) electrons. The number of hydrogen-bond donors (Lipinski definition) is 0. The zero-order valence-corrected chi connectivity index (χ0v) is 19.5. The molecule has 3 rings (SSSR count). The largest absolute Gasteiger partial charge is 0.453 e. The predicted octanol–water partition coefficient (Wildman–Crippen LogP) is 5.69. The fourth-order valence-corrected chi connectivity index (χ4v) is 4.52. The van der Waals surface area contributed by atoms with Crippen LogP contribution in [-0.2, 0) is 21.2 Å². The van der Waals surface area contributed by atoms with Gasteiger partial charge in [-0.3, -0.25) is 4.90 Å². The number of benzene rings is 1. The first-order valence-corrected chi connectivity index (χ1v) is 10.9. The maximum Gasteiger partial charge on any atom is 0.419 e. The van der Waals surface area contributed by atoms with E-state index in [4.69, 9.17) is 9.47 Å². The van der Waals surface area contributed by atoms with Crippen LogP contribution in [0, 0.1) is 5.82 Å². The van der Waals surface area contributed by atoms with Gasteiger partial charge in [0.25, 0.3) is 0 Å². The molecule has 1 saturated carbocycles. The van der Waals surface area contributed by atoms with Crippen molar-refractivity contribution in [2.75, 3.05) is 20.2 Å². The lowest BCUT2D eigenvalue weighted by atomic mass is 9.94. The van der Waals surface area contributed by atoms with Crippen LogP contribution in [0.4, 0.5) is 27.2 Å². The molecule has 1 aliphatic heterocycles. The Morgan fingerprint density at radius 1 is 1.15 bits per heavy atom. The minimum absolute atomic E-state index is 0.0393. The molecule has 0 spiro atoms. The van der Waals surface area contributed by atoms with Gasteiger partial charge in [0.2, 0.25) is 0 Å². The van der Waals surface area contributed by atoms with Gasteiger partial charge in [-0.2, -0.15) is 13.2 Å². The van der Waals surface area contributed by atoms with Crippen molar-refractivity contribution in [2.24, 2.45) is 0 Å². The number of rotatable bonds is 4. The SMILES string of the molecule is COC(=O)N(C[C@@]1(C)CCCN1C(=O)OC(C)(C)C)C1(c2ccc(F)c(C(F)(F)F)c2)CC1. The van der Waals surface area contributed by atoms with Gasteiger partial charge < -0.3 is 14.4 Å². The number of nitrogens with zero attached hydrogens (tertiary/aromatic N) is 2. The van der Waals surface area contributed by atoms with E-state index in [1.54, 1.807) is 25.7 Å². The number of ether oxygens (including phenoxy) is 2. The Bertz CT molecular complexity index is 924. The van der Waals surface area contributed by atoms with E-state index >= 15 is 0 Å². The third-order valence-corrected chi connectivity index (χ3v) is 6.31. The summed E-state index contributed by atoms with van der Waals surface area (Å²) >= 11 is 0. The summed E-state index contributed by atoms with van der Waals surface area (Å²) in [4.78, 5) is 28.6. The molecule has 1 atom stereocenters. The van der Waals surface area contributed by atoms with Crippen molar-refractivity contribution in [3.05, 3.63) is 35.1 Å². The summed E-state index contributed by atoms with van der Waals surface area (Å²) in [5, 5.41) is 0. The van der Waals surface area contributed by atoms with Gasteiger partial charge in [-0.1, -0.05) is 6.07 Å². The van der Waals surface area contributed by atoms with Gasteiger partial charge in [-0.05, 0) is 71.1 Å². The lowest BCUT2D eigenvalue weighted by molar-refractivity contribution is -0.140. The first-order chi connectivity index (χ1) is 15.1. The molecule has 33 heavy (non-hydrogen) atoms. The van der Waals surface area contributed by atoms with Crippen molar-refractivity contribution in [1.82, 2.24) is 9.80 Å². The summed E-state index contributed by atoms with van der Waals surface area (Å²) in [6.45, 7) is 7.56. The van der Waals surface area contributed by atoms with E-state index in [1.165, 1.54) is 18.1 Å². The number of carbonyl (C=O) groups excluding carboxylic acids is 2. The smallest absolute Gasteiger partial charge is 0.419 e. The normalized spacial score (nSPS) is 22.2. The fraction of sp³-hybridized carbons (Fsp3) is 0.652. The van der Waals surface area contributed by atoms with Gasteiger partial charge in [-0.25, -0.2) is 14.0 Å². The number of methoxy groups -OCH3 is 1. The second-order valence-electron chi connectivity index (χ2n) is 10.0. The molecule has 0 aromatic heterocycles. The molecule has 1 saturated heterocycles. The standard InChI is InChI=1S/C23H30F4N2O4/c1-20(2,3)33-19(31)28-12-6-9-21(28,4)14-29(18(30)32-5)22(10-11-22)15-7-8-17(24)16(13-15)23(25,26)27/h7-8,13H,6,9-12,14H2,1-5H3/t21-/m1/s1. The van der Waals surface area contributed by atoms with E-state index in [2.05, 4.69) is 0 Å². The Balaban J connectivity index is 1.95. The highest BCUT2D eigenvalue weighted by molar-refractivity contribution is 5.72. The number of amides is 2. The molecule has 184 valence electrons. The molecule has 1 aliphatic carbocycles. The third-order valence-electron chi connectivity index (χ3n) is 6.31. The van der Waals surface area contributed by atoms with E-state index < -0.39 is 46.4 Å². The maximum atomic E-state index is 13.9. The van der Waals surface area contributed by atoms with Crippen LogP contribution in [0.5, 0.6) is 0 Å². The van der Waals surface area contributed by atoms with Crippen molar-refractivity contribution in [2.45, 2.75) is 76.2 Å². The van der Waals surface area contributed by atoms with Crippen LogP contribution in [0.1, 0.15) is 64.5 Å². The Kier molecular flexibility index (Phi) is 6.36. The molecule has 0 bridgehead atoms. The van der Waals surface area contributed by atoms with Gasteiger partial charge in [0.15, 0.2) is 0 Å². The topological polar surface area (TPSA) is 59.1 Å². The summed E-state index contributed by atoms with van der Waals surface area (Å²) in [5.74, 6) is -1.37. The van der Waals surface area contributed by atoms with E-state index in [1.807, 2.05) is 6.92 Å². The highest BCUT2D eigenvalue weighted by Crippen LogP contribution is 2.53. The number of hydrogen-bond acceptors (Lipinski definition) is 4. The summed E-state index contributed by atoms with van der Waals surface area (Å²) in [7, 11) is 1.19.